The summed E-state index contributed by atoms with van der Waals surface area (Å²) in [5.41, 5.74) is 4.99. The van der Waals surface area contributed by atoms with Crippen molar-refractivity contribution in [2.75, 3.05) is 24.2 Å². The lowest BCUT2D eigenvalue weighted by Gasteiger charge is -2.31. The quantitative estimate of drug-likeness (QED) is 0.688. The van der Waals surface area contributed by atoms with E-state index >= 15 is 0 Å². The highest BCUT2D eigenvalue weighted by Crippen LogP contribution is 2.38. The van der Waals surface area contributed by atoms with Crippen molar-refractivity contribution in [2.45, 2.75) is 66.2 Å². The van der Waals surface area contributed by atoms with Gasteiger partial charge in [0.15, 0.2) is 0 Å². The zero-order chi connectivity index (χ0) is 22.1. The predicted molar refractivity (Wildman–Crippen MR) is 118 cm³/mol. The highest BCUT2D eigenvalue weighted by atomic mass is 32.2. The van der Waals surface area contributed by atoms with Crippen LogP contribution in [0.25, 0.3) is 0 Å². The number of fused-ring (bicyclic) bond motifs is 2. The summed E-state index contributed by atoms with van der Waals surface area (Å²) in [5.74, 6) is -0.345. The van der Waals surface area contributed by atoms with Crippen molar-refractivity contribution in [2.24, 2.45) is 5.41 Å². The number of sulfonamides is 1. The molecule has 0 saturated carbocycles. The fraction of sp³-hybridized carbons (Fsp3) is 0.636. The topological polar surface area (TPSA) is 95.6 Å². The van der Waals surface area contributed by atoms with Crippen molar-refractivity contribution in [1.29, 1.82) is 0 Å². The van der Waals surface area contributed by atoms with Gasteiger partial charge in [0, 0.05) is 25.7 Å². The van der Waals surface area contributed by atoms with Crippen LogP contribution in [-0.2, 0) is 40.5 Å². The number of amides is 3. The Morgan fingerprint density at radius 2 is 1.63 bits per heavy atom. The number of urea groups is 1. The normalized spacial score (nSPS) is 15.5. The van der Waals surface area contributed by atoms with Crippen LogP contribution in [0.1, 0.15) is 62.8 Å². The first-order valence-electron chi connectivity index (χ1n) is 10.7. The van der Waals surface area contributed by atoms with Crippen LogP contribution in [0, 0.1) is 5.41 Å². The molecular weight excluding hydrogens is 402 g/mol. The number of hydrogen-bond acceptors (Lipinski definition) is 4. The Hall–Kier alpha value is -2.09. The lowest BCUT2D eigenvalue weighted by Crippen LogP contribution is -2.45. The Kier molecular flexibility index (Phi) is 6.45. The molecule has 1 aromatic carbocycles. The monoisotopic (exact) mass is 435 g/mol. The Morgan fingerprint density at radius 3 is 2.13 bits per heavy atom. The summed E-state index contributed by atoms with van der Waals surface area (Å²) in [6.45, 7) is 7.71. The van der Waals surface area contributed by atoms with Crippen molar-refractivity contribution in [3.63, 3.8) is 0 Å². The average Bonchev–Trinajstić information content (AvgIpc) is 3.26. The summed E-state index contributed by atoms with van der Waals surface area (Å²) in [5, 5.41) is 2.86. The first-order valence-corrected chi connectivity index (χ1v) is 12.4. The maximum Gasteiger partial charge on any atom is 0.332 e. The zero-order valence-electron chi connectivity index (χ0n) is 18.4. The summed E-state index contributed by atoms with van der Waals surface area (Å²) < 4.78 is 27.5. The van der Waals surface area contributed by atoms with Crippen LogP contribution in [0.2, 0.25) is 0 Å². The first-order chi connectivity index (χ1) is 14.0. The first kappa shape index (κ1) is 22.6. The van der Waals surface area contributed by atoms with Crippen LogP contribution >= 0.6 is 0 Å². The fourth-order valence-corrected chi connectivity index (χ4v) is 6.33. The Bertz CT molecular complexity index is 921. The van der Waals surface area contributed by atoms with E-state index in [-0.39, 0.29) is 11.7 Å². The van der Waals surface area contributed by atoms with Gasteiger partial charge in [0.1, 0.15) is 0 Å². The summed E-state index contributed by atoms with van der Waals surface area (Å²) in [6, 6.07) is 1.56. The molecule has 0 aromatic heterocycles. The van der Waals surface area contributed by atoms with Gasteiger partial charge in [-0.3, -0.25) is 4.79 Å². The third-order valence-electron chi connectivity index (χ3n) is 5.99. The Labute approximate surface area is 179 Å². The largest absolute Gasteiger partial charge is 0.343 e. The molecule has 1 aromatic rings. The smallest absolute Gasteiger partial charge is 0.332 e. The Morgan fingerprint density at radius 1 is 1.07 bits per heavy atom. The van der Waals surface area contributed by atoms with E-state index in [9.17, 15) is 18.0 Å². The number of nitrogens with zero attached hydrogens (tertiary/aromatic N) is 1. The molecule has 2 aliphatic carbocycles. The number of carbonyl (C=O) groups is 2. The fourth-order valence-electron chi connectivity index (χ4n) is 4.81. The number of rotatable bonds is 7. The highest BCUT2D eigenvalue weighted by Gasteiger charge is 2.31. The van der Waals surface area contributed by atoms with Crippen molar-refractivity contribution in [1.82, 2.24) is 9.62 Å². The second-order valence-corrected chi connectivity index (χ2v) is 11.0. The molecule has 0 bridgehead atoms. The van der Waals surface area contributed by atoms with E-state index in [1.165, 1.54) is 18.1 Å². The van der Waals surface area contributed by atoms with E-state index in [0.717, 1.165) is 55.3 Å². The van der Waals surface area contributed by atoms with Gasteiger partial charge in [0.25, 0.3) is 0 Å². The lowest BCUT2D eigenvalue weighted by molar-refractivity contribution is -0.129. The SMILES string of the molecule is CCN(CC(C)(C)CS(=O)(=O)NC(=O)Nc1c2c(cc3c1CCC3)CCC2)C(C)=O. The van der Waals surface area contributed by atoms with E-state index in [2.05, 4.69) is 16.1 Å². The molecular formula is C22H33N3O4S. The van der Waals surface area contributed by atoms with Crippen LogP contribution in [0.15, 0.2) is 6.07 Å². The second-order valence-electron chi connectivity index (χ2n) is 9.25. The van der Waals surface area contributed by atoms with Crippen LogP contribution in [0.3, 0.4) is 0 Å². The second kappa shape index (κ2) is 8.57. The molecule has 2 N–H and O–H groups in total. The van der Waals surface area contributed by atoms with Gasteiger partial charge in [-0.1, -0.05) is 19.9 Å². The van der Waals surface area contributed by atoms with Gasteiger partial charge in [-0.05, 0) is 73.1 Å². The van der Waals surface area contributed by atoms with E-state index in [1.807, 2.05) is 6.92 Å². The molecule has 0 unspecified atom stereocenters. The number of anilines is 1. The number of carbonyl (C=O) groups excluding carboxylic acids is 2. The van der Waals surface area contributed by atoms with Gasteiger partial charge in [0.2, 0.25) is 15.9 Å². The standard InChI is InChI=1S/C22H33N3O4S/c1-5-25(15(2)26)13-22(3,4)14-30(28,29)24-21(27)23-20-18-10-6-8-16(18)12-17-9-7-11-19(17)20/h12H,5-11,13-14H2,1-4H3,(H2,23,24,27). The van der Waals surface area contributed by atoms with Crippen LogP contribution < -0.4 is 10.0 Å². The van der Waals surface area contributed by atoms with Gasteiger partial charge in [-0.25, -0.2) is 17.9 Å². The van der Waals surface area contributed by atoms with Crippen LogP contribution in [0.4, 0.5) is 10.5 Å². The van der Waals surface area contributed by atoms with Crippen molar-refractivity contribution < 1.29 is 18.0 Å². The molecule has 0 atom stereocenters. The van der Waals surface area contributed by atoms with Crippen LogP contribution in [-0.4, -0.2) is 44.1 Å². The molecule has 3 amide bonds. The molecule has 30 heavy (non-hydrogen) atoms. The van der Waals surface area contributed by atoms with Crippen molar-refractivity contribution in [3.05, 3.63) is 28.3 Å². The number of hydrogen-bond donors (Lipinski definition) is 2. The minimum Gasteiger partial charge on any atom is -0.343 e. The number of aryl methyl sites for hydroxylation is 2. The minimum atomic E-state index is -3.87. The summed E-state index contributed by atoms with van der Waals surface area (Å²) in [6.07, 6.45) is 5.97. The maximum absolute atomic E-state index is 12.7. The maximum atomic E-state index is 12.7. The molecule has 7 nitrogen and oxygen atoms in total. The molecule has 0 radical (unpaired) electrons. The Balaban J connectivity index is 1.70. The predicted octanol–water partition coefficient (Wildman–Crippen LogP) is 3.01. The summed E-state index contributed by atoms with van der Waals surface area (Å²) in [7, 11) is -3.87. The molecule has 3 rings (SSSR count). The molecule has 0 heterocycles. The van der Waals surface area contributed by atoms with E-state index in [1.54, 1.807) is 18.7 Å². The number of nitrogens with one attached hydrogen (secondary N) is 2. The number of benzene rings is 1. The van der Waals surface area contributed by atoms with E-state index in [0.29, 0.717) is 13.1 Å². The highest BCUT2D eigenvalue weighted by molar-refractivity contribution is 7.90. The molecule has 0 spiro atoms. The van der Waals surface area contributed by atoms with Gasteiger partial charge < -0.3 is 10.2 Å². The summed E-state index contributed by atoms with van der Waals surface area (Å²) in [4.78, 5) is 25.9. The van der Waals surface area contributed by atoms with Gasteiger partial charge in [0.05, 0.1) is 5.75 Å². The average molecular weight is 436 g/mol. The van der Waals surface area contributed by atoms with Gasteiger partial charge >= 0.3 is 6.03 Å². The van der Waals surface area contributed by atoms with Crippen molar-refractivity contribution in [3.8, 4) is 0 Å². The minimum absolute atomic E-state index is 0.0968. The van der Waals surface area contributed by atoms with Gasteiger partial charge in [-0.15, -0.1) is 0 Å². The molecule has 166 valence electrons. The molecule has 8 heteroatoms. The molecule has 0 saturated heterocycles. The molecule has 0 aliphatic heterocycles. The van der Waals surface area contributed by atoms with Crippen molar-refractivity contribution >= 4 is 27.6 Å². The summed E-state index contributed by atoms with van der Waals surface area (Å²) >= 11 is 0. The third-order valence-corrected chi connectivity index (χ3v) is 7.64. The molecule has 0 fully saturated rings. The third kappa shape index (κ3) is 5.14. The zero-order valence-corrected chi connectivity index (χ0v) is 19.2. The van der Waals surface area contributed by atoms with E-state index < -0.39 is 21.5 Å². The van der Waals surface area contributed by atoms with Crippen LogP contribution in [0.5, 0.6) is 0 Å². The molecule has 2 aliphatic rings. The van der Waals surface area contributed by atoms with E-state index in [4.69, 9.17) is 0 Å². The lowest BCUT2D eigenvalue weighted by atomic mass is 9.95. The van der Waals surface area contributed by atoms with Gasteiger partial charge in [-0.2, -0.15) is 0 Å².